The number of halogens is 2. The SMILES string of the molecule is CC[Si](CC)(CC)c1cc(Br)nc([C@](C)(C[S@]2(O)NCCC[C@]2(C)C#N)N[S@+]([O-])C(C)(C)C)c1F. The summed E-state index contributed by atoms with van der Waals surface area (Å²) in [5, 5.41) is 10.7. The Hall–Kier alpha value is -0.193. The molecule has 4 atom stereocenters. The molecule has 11 heteroatoms. The Kier molecular flexibility index (Phi) is 10.00. The predicted octanol–water partition coefficient (Wildman–Crippen LogP) is 5.82. The molecule has 35 heavy (non-hydrogen) atoms. The highest BCUT2D eigenvalue weighted by Gasteiger charge is 2.53. The van der Waals surface area contributed by atoms with Crippen LogP contribution in [0.3, 0.4) is 0 Å². The average molecular weight is 610 g/mol. The molecule has 0 spiro atoms. The van der Waals surface area contributed by atoms with Gasteiger partial charge >= 0.3 is 0 Å². The monoisotopic (exact) mass is 608 g/mol. The Morgan fingerprint density at radius 3 is 2.40 bits per heavy atom. The number of hydrogen-bond acceptors (Lipinski definition) is 6. The summed E-state index contributed by atoms with van der Waals surface area (Å²) < 4.78 is 47.1. The van der Waals surface area contributed by atoms with Crippen molar-refractivity contribution >= 4 is 51.0 Å². The molecule has 1 fully saturated rings. The number of aromatic nitrogens is 1. The number of pyridine rings is 1. The molecule has 0 radical (unpaired) electrons. The molecule has 1 aromatic rings. The number of nitrogens with one attached hydrogen (secondary N) is 2. The van der Waals surface area contributed by atoms with Crippen LogP contribution >= 0.6 is 26.4 Å². The lowest BCUT2D eigenvalue weighted by molar-refractivity contribution is 0.410. The van der Waals surface area contributed by atoms with Crippen LogP contribution in [0.4, 0.5) is 4.39 Å². The molecule has 3 N–H and O–H groups in total. The van der Waals surface area contributed by atoms with Crippen molar-refractivity contribution in [3.8, 4) is 6.07 Å². The lowest BCUT2D eigenvalue weighted by atomic mass is 10.0. The van der Waals surface area contributed by atoms with Crippen LogP contribution in [0.15, 0.2) is 10.7 Å². The zero-order valence-electron chi connectivity index (χ0n) is 22.3. The molecule has 200 valence electrons. The van der Waals surface area contributed by atoms with Crippen LogP contribution in [0.1, 0.15) is 73.9 Å². The Morgan fingerprint density at radius 1 is 1.34 bits per heavy atom. The number of nitriles is 1. The smallest absolute Gasteiger partial charge is 0.146 e. The van der Waals surface area contributed by atoms with Gasteiger partial charge in [-0.25, -0.2) is 9.37 Å². The van der Waals surface area contributed by atoms with E-state index in [1.807, 2.05) is 26.8 Å². The van der Waals surface area contributed by atoms with Crippen LogP contribution < -0.4 is 14.6 Å². The van der Waals surface area contributed by atoms with E-state index >= 15 is 4.39 Å². The fraction of sp³-hybridized carbons (Fsp3) is 0.750. The third kappa shape index (κ3) is 6.11. The van der Waals surface area contributed by atoms with Gasteiger partial charge in [-0.3, -0.25) is 4.72 Å². The topological polar surface area (TPSA) is 104 Å². The van der Waals surface area contributed by atoms with E-state index in [-0.39, 0.29) is 17.3 Å². The second kappa shape index (κ2) is 11.3. The van der Waals surface area contributed by atoms with Gasteiger partial charge in [0, 0.05) is 23.7 Å². The first-order valence-electron chi connectivity index (χ1n) is 12.3. The fourth-order valence-corrected chi connectivity index (χ4v) is 13.0. The quantitative estimate of drug-likeness (QED) is 0.185. The molecule has 0 aromatic carbocycles. The predicted molar refractivity (Wildman–Crippen MR) is 153 cm³/mol. The zero-order valence-corrected chi connectivity index (χ0v) is 26.6. The molecule has 0 bridgehead atoms. The van der Waals surface area contributed by atoms with Crippen molar-refractivity contribution in [3.05, 3.63) is 22.2 Å². The van der Waals surface area contributed by atoms with Gasteiger partial charge in [0.1, 0.15) is 31.1 Å². The van der Waals surface area contributed by atoms with Gasteiger partial charge in [0.25, 0.3) is 0 Å². The first kappa shape index (κ1) is 31.0. The largest absolute Gasteiger partial charge is 0.598 e. The summed E-state index contributed by atoms with van der Waals surface area (Å²) in [5.74, 6) is -0.381. The van der Waals surface area contributed by atoms with E-state index in [9.17, 15) is 14.4 Å². The highest BCUT2D eigenvalue weighted by molar-refractivity contribution is 9.10. The van der Waals surface area contributed by atoms with Gasteiger partial charge in [0.2, 0.25) is 0 Å². The molecular formula is C24H42BrFN4O2S2Si. The van der Waals surface area contributed by atoms with E-state index in [1.54, 1.807) is 13.8 Å². The Labute approximate surface area is 225 Å². The minimum atomic E-state index is -2.74. The molecule has 0 aliphatic carbocycles. The van der Waals surface area contributed by atoms with E-state index in [4.69, 9.17) is 0 Å². The second-order valence-electron chi connectivity index (χ2n) is 11.0. The third-order valence-electron chi connectivity index (χ3n) is 7.58. The Bertz CT molecular complexity index is 950. The maximum atomic E-state index is 16.6. The summed E-state index contributed by atoms with van der Waals surface area (Å²) in [4.78, 5) is 4.59. The van der Waals surface area contributed by atoms with Crippen molar-refractivity contribution in [1.29, 1.82) is 5.26 Å². The molecule has 1 aromatic heterocycles. The van der Waals surface area contributed by atoms with Crippen molar-refractivity contribution in [1.82, 2.24) is 14.4 Å². The summed E-state index contributed by atoms with van der Waals surface area (Å²) in [6, 6.07) is 6.82. The maximum absolute atomic E-state index is 16.6. The van der Waals surface area contributed by atoms with Gasteiger partial charge in [0.15, 0.2) is 0 Å². The van der Waals surface area contributed by atoms with E-state index in [0.717, 1.165) is 24.6 Å². The van der Waals surface area contributed by atoms with Crippen LogP contribution in [0.5, 0.6) is 0 Å². The highest BCUT2D eigenvalue weighted by Crippen LogP contribution is 2.59. The molecule has 1 aliphatic rings. The zero-order chi connectivity index (χ0) is 26.9. The van der Waals surface area contributed by atoms with E-state index in [2.05, 4.69) is 57.2 Å². The third-order valence-corrected chi connectivity index (χ3v) is 18.8. The summed E-state index contributed by atoms with van der Waals surface area (Å²) >= 11 is 1.94. The van der Waals surface area contributed by atoms with E-state index < -0.39 is 45.0 Å². The lowest BCUT2D eigenvalue weighted by Crippen LogP contribution is -2.58. The van der Waals surface area contributed by atoms with Gasteiger partial charge in [-0.1, -0.05) is 49.4 Å². The number of nitrogens with zero attached hydrogens (tertiary/aromatic N) is 2. The maximum Gasteiger partial charge on any atom is 0.146 e. The normalized spacial score (nSPS) is 26.1. The molecule has 1 aliphatic heterocycles. The van der Waals surface area contributed by atoms with Crippen LogP contribution in [-0.4, -0.2) is 44.0 Å². The van der Waals surface area contributed by atoms with Crippen molar-refractivity contribution in [2.45, 2.75) is 101 Å². The van der Waals surface area contributed by atoms with Crippen LogP contribution in [-0.2, 0) is 16.9 Å². The molecule has 2 rings (SSSR count). The van der Waals surface area contributed by atoms with Crippen LogP contribution in [0, 0.1) is 17.1 Å². The van der Waals surface area contributed by atoms with Gasteiger partial charge in [-0.15, -0.1) is 4.72 Å². The summed E-state index contributed by atoms with van der Waals surface area (Å²) in [7, 11) is -4.88. The minimum absolute atomic E-state index is 0.00459. The molecule has 0 saturated carbocycles. The first-order valence-corrected chi connectivity index (χ1v) is 18.6. The van der Waals surface area contributed by atoms with Crippen molar-refractivity contribution in [2.75, 3.05) is 12.3 Å². The lowest BCUT2D eigenvalue weighted by Gasteiger charge is -2.52. The molecule has 2 heterocycles. The molecule has 1 saturated heterocycles. The fourth-order valence-electron chi connectivity index (χ4n) is 4.83. The van der Waals surface area contributed by atoms with Crippen LogP contribution in [0.25, 0.3) is 0 Å². The van der Waals surface area contributed by atoms with Gasteiger partial charge < -0.3 is 9.11 Å². The van der Waals surface area contributed by atoms with Gasteiger partial charge in [-0.2, -0.15) is 5.26 Å². The molecular weight excluding hydrogens is 567 g/mol. The molecule has 6 nitrogen and oxygen atoms in total. The number of rotatable bonds is 9. The van der Waals surface area contributed by atoms with Crippen molar-refractivity contribution in [2.24, 2.45) is 0 Å². The summed E-state index contributed by atoms with van der Waals surface area (Å²) in [5.41, 5.74) is -1.15. The standard InChI is InChI=1S/C24H42BrFN4O2S2Si/c1-9-35(10-2,11-3)18-15-19(25)29-21(20(18)26)24(8,30-33(31)22(4,5)6)17-34(32)23(7,16-27)13-12-14-28-34/h15,28,30,32H,9-14,17H2,1-8H3/t23-,24+,33-/m1/s1. The first-order chi connectivity index (χ1) is 16.1. The van der Waals surface area contributed by atoms with Crippen molar-refractivity contribution in [3.63, 3.8) is 0 Å². The molecule has 0 unspecified atom stereocenters. The minimum Gasteiger partial charge on any atom is -0.598 e. The second-order valence-corrected chi connectivity index (χ2v) is 21.9. The Morgan fingerprint density at radius 2 is 1.91 bits per heavy atom. The van der Waals surface area contributed by atoms with Crippen LogP contribution in [0.2, 0.25) is 18.1 Å². The molecule has 0 amide bonds. The average Bonchev–Trinajstić information content (AvgIpc) is 2.78. The summed E-state index contributed by atoms with van der Waals surface area (Å²) in [6.45, 7) is 16.0. The van der Waals surface area contributed by atoms with E-state index in [1.165, 1.54) is 0 Å². The Balaban J connectivity index is 2.79. The highest BCUT2D eigenvalue weighted by atomic mass is 79.9. The van der Waals surface area contributed by atoms with Crippen molar-refractivity contribution < 1.29 is 13.5 Å². The number of hydrogen-bond donors (Lipinski definition) is 3. The van der Waals surface area contributed by atoms with Gasteiger partial charge in [-0.05, 0) is 74.6 Å². The van der Waals surface area contributed by atoms with E-state index in [0.29, 0.717) is 22.8 Å². The summed E-state index contributed by atoms with van der Waals surface area (Å²) in [6.07, 6.45) is 1.31. The van der Waals surface area contributed by atoms with Gasteiger partial charge in [0.05, 0.1) is 14.1 Å².